The number of esters is 7. The van der Waals surface area contributed by atoms with Crippen LogP contribution in [-0.4, -0.2) is 122 Å². The molecule has 0 amide bonds. The van der Waals surface area contributed by atoms with Crippen LogP contribution < -0.4 is 0 Å². The van der Waals surface area contributed by atoms with Gasteiger partial charge in [0.2, 0.25) is 0 Å². The van der Waals surface area contributed by atoms with Crippen LogP contribution in [0.25, 0.3) is 0 Å². The number of carbonyl (C=O) groups excluding carboxylic acids is 7. The lowest BCUT2D eigenvalue weighted by Gasteiger charge is -2.48. The number of thioether (sulfide) groups is 1. The van der Waals surface area contributed by atoms with E-state index in [1.54, 1.807) is 54.6 Å². The van der Waals surface area contributed by atoms with Gasteiger partial charge in [0.05, 0.1) is 21.9 Å². The Kier molecular flexibility index (Phi) is 16.2. The summed E-state index contributed by atoms with van der Waals surface area (Å²) in [5.41, 5.74) is -0.964. The Hall–Kier alpha value is -5.82. The third-order valence-electron chi connectivity index (χ3n) is 8.96. The molecule has 2 fully saturated rings. The smallest absolute Gasteiger partial charge is 0.338 e. The van der Waals surface area contributed by atoms with Crippen LogP contribution in [-0.2, 0) is 66.5 Å². The summed E-state index contributed by atoms with van der Waals surface area (Å²) in [6.45, 7) is 3.36. The van der Waals surface area contributed by atoms with Crippen molar-refractivity contribution in [3.05, 3.63) is 108 Å². The van der Waals surface area contributed by atoms with Crippen LogP contribution in [0.3, 0.4) is 0 Å². The molecule has 60 heavy (non-hydrogen) atoms. The standard InChI is InChI=1S/C42H44O17S/c1-23(43)51-21-30-32(53-24(2)44)33(54-25(3)45)36(55-26(4)46)42(57-30)60-37-31(22-52-38(47)27-15-9-6-10-16-27)56-41(50-5)35(59-40(49)29-19-13-8-14-20-29)34(37)58-39(48)28-17-11-7-12-18-28/h6-20,30-37,41-42H,21-22H2,1-5H3/t30-,31-,32+,33+,34-,35-,36-,37+,41+,42+/m1/s1. The van der Waals surface area contributed by atoms with Crippen LogP contribution in [0, 0.1) is 0 Å². The molecular weight excluding hydrogens is 809 g/mol. The van der Waals surface area contributed by atoms with Gasteiger partial charge in [0.1, 0.15) is 30.9 Å². The summed E-state index contributed by atoms with van der Waals surface area (Å²) in [6.07, 6.45) is -11.6. The van der Waals surface area contributed by atoms with Crippen molar-refractivity contribution in [3.63, 3.8) is 0 Å². The van der Waals surface area contributed by atoms with E-state index in [-0.39, 0.29) is 16.7 Å². The summed E-state index contributed by atoms with van der Waals surface area (Å²) in [7, 11) is 1.27. The van der Waals surface area contributed by atoms with Gasteiger partial charge in [-0.15, -0.1) is 11.8 Å². The molecular formula is C42H44O17S. The van der Waals surface area contributed by atoms with E-state index < -0.39 is 115 Å². The van der Waals surface area contributed by atoms with Gasteiger partial charge in [0.25, 0.3) is 0 Å². The fourth-order valence-electron chi connectivity index (χ4n) is 6.43. The van der Waals surface area contributed by atoms with Gasteiger partial charge in [0.15, 0.2) is 36.8 Å². The molecule has 3 aromatic rings. The number of rotatable bonds is 15. The third kappa shape index (κ3) is 12.1. The van der Waals surface area contributed by atoms with E-state index in [0.29, 0.717) is 0 Å². The lowest BCUT2D eigenvalue weighted by Crippen LogP contribution is -2.64. The van der Waals surface area contributed by atoms with Gasteiger partial charge < -0.3 is 47.4 Å². The van der Waals surface area contributed by atoms with Crippen molar-refractivity contribution in [2.24, 2.45) is 0 Å². The zero-order valence-corrected chi connectivity index (χ0v) is 34.0. The molecule has 0 aromatic heterocycles. The normalized spacial score (nSPS) is 26.0. The molecule has 17 nitrogen and oxygen atoms in total. The minimum Gasteiger partial charge on any atom is -0.463 e. The van der Waals surface area contributed by atoms with Gasteiger partial charge in [-0.05, 0) is 36.4 Å². The zero-order chi connectivity index (χ0) is 43.3. The number of ether oxygens (including phenoxy) is 10. The summed E-state index contributed by atoms with van der Waals surface area (Å²) < 4.78 is 58.5. The highest BCUT2D eigenvalue weighted by Crippen LogP contribution is 2.42. The minimum absolute atomic E-state index is 0.120. The van der Waals surface area contributed by atoms with Crippen LogP contribution in [0.2, 0.25) is 0 Å². The molecule has 320 valence electrons. The maximum absolute atomic E-state index is 13.9. The van der Waals surface area contributed by atoms with Gasteiger partial charge in [-0.2, -0.15) is 0 Å². The molecule has 0 radical (unpaired) electrons. The van der Waals surface area contributed by atoms with Crippen molar-refractivity contribution in [2.45, 2.75) is 87.4 Å². The average Bonchev–Trinajstić information content (AvgIpc) is 3.23. The highest BCUT2D eigenvalue weighted by atomic mass is 32.2. The lowest BCUT2D eigenvalue weighted by molar-refractivity contribution is -0.259. The number of carbonyl (C=O) groups is 7. The molecule has 0 unspecified atom stereocenters. The van der Waals surface area contributed by atoms with E-state index in [1.807, 2.05) is 0 Å². The number of methoxy groups -OCH3 is 1. The van der Waals surface area contributed by atoms with Gasteiger partial charge >= 0.3 is 41.8 Å². The molecule has 3 aromatic carbocycles. The van der Waals surface area contributed by atoms with Crippen LogP contribution in [0.4, 0.5) is 0 Å². The van der Waals surface area contributed by atoms with Crippen molar-refractivity contribution in [3.8, 4) is 0 Å². The number of benzene rings is 3. The summed E-state index contributed by atoms with van der Waals surface area (Å²) in [5.74, 6) is -5.70. The van der Waals surface area contributed by atoms with E-state index >= 15 is 0 Å². The molecule has 5 rings (SSSR count). The predicted molar refractivity (Wildman–Crippen MR) is 207 cm³/mol. The van der Waals surface area contributed by atoms with E-state index in [4.69, 9.17) is 47.4 Å². The first-order valence-corrected chi connectivity index (χ1v) is 19.6. The Morgan fingerprint density at radius 1 is 0.483 bits per heavy atom. The number of hydrogen-bond donors (Lipinski definition) is 0. The monoisotopic (exact) mass is 852 g/mol. The highest BCUT2D eigenvalue weighted by Gasteiger charge is 2.57. The average molecular weight is 853 g/mol. The Labute approximate surface area is 349 Å². The van der Waals surface area contributed by atoms with Gasteiger partial charge in [-0.3, -0.25) is 19.2 Å². The first kappa shape index (κ1) is 45.3. The topological polar surface area (TPSA) is 212 Å². The van der Waals surface area contributed by atoms with Crippen LogP contribution in [0.15, 0.2) is 91.0 Å². The first-order valence-electron chi connectivity index (χ1n) is 18.6. The van der Waals surface area contributed by atoms with Gasteiger partial charge in [-0.1, -0.05) is 54.6 Å². The van der Waals surface area contributed by atoms with Crippen molar-refractivity contribution in [1.82, 2.24) is 0 Å². The Bertz CT molecular complexity index is 1960. The summed E-state index contributed by atoms with van der Waals surface area (Å²) in [6, 6.07) is 23.9. The molecule has 2 heterocycles. The molecule has 2 aliphatic rings. The van der Waals surface area contributed by atoms with E-state index in [9.17, 15) is 33.6 Å². The second-order valence-electron chi connectivity index (χ2n) is 13.4. The Morgan fingerprint density at radius 3 is 1.42 bits per heavy atom. The van der Waals surface area contributed by atoms with Crippen LogP contribution in [0.1, 0.15) is 58.8 Å². The number of hydrogen-bond acceptors (Lipinski definition) is 18. The molecule has 0 spiro atoms. The van der Waals surface area contributed by atoms with Gasteiger partial charge in [0, 0.05) is 34.8 Å². The molecule has 18 heteroatoms. The van der Waals surface area contributed by atoms with Crippen molar-refractivity contribution in [2.75, 3.05) is 20.3 Å². The Morgan fingerprint density at radius 2 is 0.933 bits per heavy atom. The van der Waals surface area contributed by atoms with Crippen LogP contribution in [0.5, 0.6) is 0 Å². The maximum Gasteiger partial charge on any atom is 0.338 e. The van der Waals surface area contributed by atoms with Gasteiger partial charge in [-0.25, -0.2) is 14.4 Å². The summed E-state index contributed by atoms with van der Waals surface area (Å²) >= 11 is 0.809. The molecule has 2 aliphatic heterocycles. The Balaban J connectivity index is 1.63. The summed E-state index contributed by atoms with van der Waals surface area (Å²) in [5, 5.41) is -1.26. The lowest BCUT2D eigenvalue weighted by atomic mass is 9.99. The van der Waals surface area contributed by atoms with E-state index in [0.717, 1.165) is 39.5 Å². The SMILES string of the molecule is CO[C@H]1O[C@H](COC(=O)c2ccccc2)[C@H](S[C@@H]2O[C@H](COC(C)=O)[C@H](OC(C)=O)[C@H](OC(C)=O)[C@H]2OC(C)=O)[C@H](OC(=O)c2ccccc2)[C@H]1OC(=O)c1ccccc1. The first-order chi connectivity index (χ1) is 28.7. The maximum atomic E-state index is 13.9. The third-order valence-corrected chi connectivity index (χ3v) is 10.5. The van der Waals surface area contributed by atoms with Crippen molar-refractivity contribution in [1.29, 1.82) is 0 Å². The molecule has 0 N–H and O–H groups in total. The quantitative estimate of drug-likeness (QED) is 0.157. The zero-order valence-electron chi connectivity index (χ0n) is 33.2. The van der Waals surface area contributed by atoms with Crippen LogP contribution >= 0.6 is 11.8 Å². The molecule has 0 aliphatic carbocycles. The molecule has 0 saturated carbocycles. The van der Waals surface area contributed by atoms with E-state index in [2.05, 4.69) is 0 Å². The fraction of sp³-hybridized carbons (Fsp3) is 0.405. The minimum atomic E-state index is -1.56. The largest absolute Gasteiger partial charge is 0.463 e. The highest BCUT2D eigenvalue weighted by molar-refractivity contribution is 8.00. The van der Waals surface area contributed by atoms with E-state index in [1.165, 1.54) is 43.5 Å². The second kappa shape index (κ2) is 21.4. The fourth-order valence-corrected chi connectivity index (χ4v) is 7.99. The summed E-state index contributed by atoms with van der Waals surface area (Å²) in [4.78, 5) is 90.6. The molecule has 10 atom stereocenters. The molecule has 2 saturated heterocycles. The second-order valence-corrected chi connectivity index (χ2v) is 14.7. The predicted octanol–water partition coefficient (Wildman–Crippen LogP) is 3.85. The van der Waals surface area contributed by atoms with Crippen molar-refractivity contribution >= 4 is 53.5 Å². The van der Waals surface area contributed by atoms with Crippen molar-refractivity contribution < 1.29 is 80.9 Å². The molecule has 0 bridgehead atoms.